The van der Waals surface area contributed by atoms with Crippen molar-refractivity contribution in [3.63, 3.8) is 0 Å². The number of methoxy groups -OCH3 is 1. The summed E-state index contributed by atoms with van der Waals surface area (Å²) in [6.07, 6.45) is 7.02. The third-order valence-corrected chi connectivity index (χ3v) is 5.64. The molecule has 0 atom stereocenters. The fraction of sp³-hybridized carbons (Fsp3) is 0.609. The van der Waals surface area contributed by atoms with E-state index >= 15 is 0 Å². The highest BCUT2D eigenvalue weighted by atomic mass is 35.5. The average molecular weight is 452 g/mol. The van der Waals surface area contributed by atoms with Gasteiger partial charge in [0.25, 0.3) is 0 Å². The summed E-state index contributed by atoms with van der Waals surface area (Å²) in [4.78, 5) is 42.5. The van der Waals surface area contributed by atoms with E-state index in [0.29, 0.717) is 30.3 Å². The van der Waals surface area contributed by atoms with Crippen LogP contribution < -0.4 is 4.90 Å². The summed E-state index contributed by atoms with van der Waals surface area (Å²) in [5.41, 5.74) is 0.656. The normalized spacial score (nSPS) is 13.7. The monoisotopic (exact) mass is 451 g/mol. The van der Waals surface area contributed by atoms with Crippen LogP contribution in [-0.4, -0.2) is 67.5 Å². The number of benzene rings is 1. The van der Waals surface area contributed by atoms with E-state index in [0.717, 1.165) is 19.3 Å². The number of amides is 3. The Morgan fingerprint density at radius 1 is 1.16 bits per heavy atom. The first-order valence-corrected chi connectivity index (χ1v) is 11.4. The summed E-state index contributed by atoms with van der Waals surface area (Å²) in [6.45, 7) is 3.00. The second kappa shape index (κ2) is 13.3. The molecule has 1 heterocycles. The molecule has 0 bridgehead atoms. The predicted octanol–water partition coefficient (Wildman–Crippen LogP) is 3.70. The van der Waals surface area contributed by atoms with Gasteiger partial charge < -0.3 is 14.5 Å². The average Bonchev–Trinajstić information content (AvgIpc) is 3.15. The molecule has 1 aliphatic rings. The van der Waals surface area contributed by atoms with Crippen LogP contribution in [-0.2, 0) is 19.1 Å². The van der Waals surface area contributed by atoms with E-state index in [9.17, 15) is 14.4 Å². The number of hydrogen-bond acceptors (Lipinski definition) is 4. The van der Waals surface area contributed by atoms with Crippen molar-refractivity contribution in [3.8, 4) is 0 Å². The molecule has 0 saturated carbocycles. The van der Waals surface area contributed by atoms with Crippen molar-refractivity contribution in [2.24, 2.45) is 0 Å². The molecule has 7 nitrogen and oxygen atoms in total. The van der Waals surface area contributed by atoms with E-state index in [1.807, 2.05) is 0 Å². The highest BCUT2D eigenvalue weighted by molar-refractivity contribution is 6.31. The molecular weight excluding hydrogens is 418 g/mol. The van der Waals surface area contributed by atoms with Gasteiger partial charge in [0.15, 0.2) is 0 Å². The Balaban J connectivity index is 1.89. The van der Waals surface area contributed by atoms with Crippen molar-refractivity contribution in [1.82, 2.24) is 9.80 Å². The molecule has 0 spiro atoms. The molecule has 1 aliphatic heterocycles. The molecule has 0 radical (unpaired) electrons. The predicted molar refractivity (Wildman–Crippen MR) is 122 cm³/mol. The van der Waals surface area contributed by atoms with Gasteiger partial charge in [0.05, 0.1) is 13.2 Å². The zero-order valence-corrected chi connectivity index (χ0v) is 19.4. The molecule has 1 aromatic carbocycles. The van der Waals surface area contributed by atoms with Crippen molar-refractivity contribution < 1.29 is 19.1 Å². The summed E-state index contributed by atoms with van der Waals surface area (Å²) >= 11 is 6.02. The maximum atomic E-state index is 12.8. The topological polar surface area (TPSA) is 70.2 Å². The zero-order valence-electron chi connectivity index (χ0n) is 18.6. The van der Waals surface area contributed by atoms with Gasteiger partial charge in [0.2, 0.25) is 17.7 Å². The summed E-state index contributed by atoms with van der Waals surface area (Å²) in [5.74, 6) is -0.458. The minimum Gasteiger partial charge on any atom is -0.383 e. The molecule has 0 aliphatic carbocycles. The number of rotatable bonds is 13. The summed E-state index contributed by atoms with van der Waals surface area (Å²) in [7, 11) is 1.57. The number of unbranched alkanes of at least 4 members (excludes halogenated alkanes) is 5. The number of ether oxygens (including phenoxy) is 1. The molecule has 31 heavy (non-hydrogen) atoms. The molecule has 172 valence electrons. The number of halogens is 1. The Morgan fingerprint density at radius 3 is 2.61 bits per heavy atom. The van der Waals surface area contributed by atoms with Crippen molar-refractivity contribution in [2.45, 2.75) is 51.9 Å². The highest BCUT2D eigenvalue weighted by Crippen LogP contribution is 2.23. The van der Waals surface area contributed by atoms with Gasteiger partial charge in [-0.2, -0.15) is 0 Å². The summed E-state index contributed by atoms with van der Waals surface area (Å²) in [5, 5.41) is 0.529. The molecule has 0 N–H and O–H groups in total. The molecule has 2 rings (SSSR count). The molecule has 1 aromatic rings. The summed E-state index contributed by atoms with van der Waals surface area (Å²) < 4.78 is 5.11. The van der Waals surface area contributed by atoms with Crippen LogP contribution in [0.2, 0.25) is 5.02 Å². The molecule has 1 saturated heterocycles. The van der Waals surface area contributed by atoms with Crippen LogP contribution in [0, 0.1) is 0 Å². The lowest BCUT2D eigenvalue weighted by atomic mass is 10.1. The number of carbonyl (C=O) groups excluding carboxylic acids is 3. The molecule has 3 amide bonds. The number of nitrogens with zero attached hydrogens (tertiary/aromatic N) is 3. The fourth-order valence-corrected chi connectivity index (χ4v) is 3.74. The first-order valence-electron chi connectivity index (χ1n) is 11.1. The highest BCUT2D eigenvalue weighted by Gasteiger charge is 2.33. The van der Waals surface area contributed by atoms with E-state index < -0.39 is 0 Å². The van der Waals surface area contributed by atoms with Gasteiger partial charge in [-0.15, -0.1) is 0 Å². The van der Waals surface area contributed by atoms with Gasteiger partial charge in [0.1, 0.15) is 13.2 Å². The molecule has 0 unspecified atom stereocenters. The van der Waals surface area contributed by atoms with Crippen molar-refractivity contribution >= 4 is 35.0 Å². The quantitative estimate of drug-likeness (QED) is 0.429. The Hall–Kier alpha value is -2.12. The van der Waals surface area contributed by atoms with Crippen LogP contribution >= 0.6 is 11.6 Å². The third-order valence-electron chi connectivity index (χ3n) is 5.40. The Bertz CT molecular complexity index is 743. The molecular formula is C23H34ClN3O4. The fourth-order valence-electron chi connectivity index (χ4n) is 3.56. The Kier molecular flexibility index (Phi) is 10.8. The minimum atomic E-state index is -0.245. The van der Waals surface area contributed by atoms with Crippen LogP contribution in [0.3, 0.4) is 0 Å². The SMILES string of the molecule is CCCCCCCCC(=O)N(CCOC)CC(=O)N1CC(=O)N(c2cccc(Cl)c2)C1. The van der Waals surface area contributed by atoms with E-state index in [1.54, 1.807) is 36.3 Å². The van der Waals surface area contributed by atoms with Crippen LogP contribution in [0.15, 0.2) is 24.3 Å². The lowest BCUT2D eigenvalue weighted by molar-refractivity contribution is -0.140. The number of hydrogen-bond donors (Lipinski definition) is 0. The van der Waals surface area contributed by atoms with E-state index in [2.05, 4.69) is 6.92 Å². The lowest BCUT2D eigenvalue weighted by Gasteiger charge is -2.25. The zero-order chi connectivity index (χ0) is 22.6. The molecule has 8 heteroatoms. The van der Waals surface area contributed by atoms with Gasteiger partial charge in [-0.05, 0) is 24.6 Å². The Labute approximate surface area is 190 Å². The van der Waals surface area contributed by atoms with Crippen LogP contribution in [0.1, 0.15) is 51.9 Å². The van der Waals surface area contributed by atoms with Crippen LogP contribution in [0.4, 0.5) is 5.69 Å². The molecule has 0 aromatic heterocycles. The van der Waals surface area contributed by atoms with Gasteiger partial charge in [-0.25, -0.2) is 0 Å². The third kappa shape index (κ3) is 8.15. The maximum Gasteiger partial charge on any atom is 0.248 e. The first-order chi connectivity index (χ1) is 15.0. The number of anilines is 1. The largest absolute Gasteiger partial charge is 0.383 e. The second-order valence-corrected chi connectivity index (χ2v) is 8.30. The van der Waals surface area contributed by atoms with Crippen molar-refractivity contribution in [1.29, 1.82) is 0 Å². The smallest absolute Gasteiger partial charge is 0.248 e. The van der Waals surface area contributed by atoms with Gasteiger partial charge in [0, 0.05) is 30.8 Å². The second-order valence-electron chi connectivity index (χ2n) is 7.86. The maximum absolute atomic E-state index is 12.8. The van der Waals surface area contributed by atoms with Crippen LogP contribution in [0.5, 0.6) is 0 Å². The van der Waals surface area contributed by atoms with Crippen molar-refractivity contribution in [2.75, 3.05) is 44.9 Å². The van der Waals surface area contributed by atoms with Gasteiger partial charge in [-0.1, -0.05) is 56.7 Å². The molecule has 1 fully saturated rings. The number of carbonyl (C=O) groups is 3. The van der Waals surface area contributed by atoms with E-state index in [4.69, 9.17) is 16.3 Å². The lowest BCUT2D eigenvalue weighted by Crippen LogP contribution is -2.44. The van der Waals surface area contributed by atoms with E-state index in [-0.39, 0.29) is 37.5 Å². The standard InChI is InChI=1S/C23H34ClN3O4/c1-3-4-5-6-7-8-12-21(28)25(13-14-31-2)16-22(29)26-17-23(30)27(18-26)20-11-9-10-19(24)15-20/h9-11,15H,3-8,12-14,16-18H2,1-2H3. The van der Waals surface area contributed by atoms with Crippen LogP contribution in [0.25, 0.3) is 0 Å². The van der Waals surface area contributed by atoms with E-state index in [1.165, 1.54) is 29.1 Å². The van der Waals surface area contributed by atoms with Gasteiger partial charge >= 0.3 is 0 Å². The van der Waals surface area contributed by atoms with Gasteiger partial charge in [-0.3, -0.25) is 19.3 Å². The Morgan fingerprint density at radius 2 is 1.90 bits per heavy atom. The minimum absolute atomic E-state index is 0.00488. The summed E-state index contributed by atoms with van der Waals surface area (Å²) in [6, 6.07) is 6.98. The van der Waals surface area contributed by atoms with Crippen molar-refractivity contribution in [3.05, 3.63) is 29.3 Å². The first kappa shape index (κ1) is 25.1.